The molecular formula is C26H22BrN3O5S. The number of carboxylic acids is 1. The van der Waals surface area contributed by atoms with Gasteiger partial charge in [0.05, 0.1) is 17.0 Å². The van der Waals surface area contributed by atoms with Gasteiger partial charge in [0.1, 0.15) is 13.2 Å². The number of benzene rings is 3. The summed E-state index contributed by atoms with van der Waals surface area (Å²) in [5.74, 6) is 1.01. The third-order valence-corrected chi connectivity index (χ3v) is 7.53. The number of anilines is 2. The van der Waals surface area contributed by atoms with Crippen LogP contribution in [0.3, 0.4) is 0 Å². The molecule has 1 aliphatic heterocycles. The first-order valence-electron chi connectivity index (χ1n) is 11.1. The molecule has 0 saturated carbocycles. The number of aromatic nitrogens is 1. The number of nitrogens with zero attached hydrogens (tertiary/aromatic N) is 2. The molecule has 1 aliphatic rings. The molecule has 0 spiro atoms. The van der Waals surface area contributed by atoms with Crippen molar-refractivity contribution in [3.05, 3.63) is 64.6 Å². The highest BCUT2D eigenvalue weighted by molar-refractivity contribution is 9.10. The van der Waals surface area contributed by atoms with Crippen LogP contribution < -0.4 is 14.8 Å². The molecule has 2 heterocycles. The largest absolute Gasteiger partial charge is 0.486 e. The zero-order valence-corrected chi connectivity index (χ0v) is 21.6. The number of aliphatic hydroxyl groups excluding tert-OH is 1. The van der Waals surface area contributed by atoms with Crippen LogP contribution in [0.2, 0.25) is 0 Å². The van der Waals surface area contributed by atoms with E-state index in [0.29, 0.717) is 19.0 Å². The first-order valence-corrected chi connectivity index (χ1v) is 12.7. The minimum Gasteiger partial charge on any atom is -0.486 e. The first kappa shape index (κ1) is 24.2. The number of aliphatic carboxylic acids is 1. The van der Waals surface area contributed by atoms with E-state index in [1.54, 1.807) is 0 Å². The zero-order valence-electron chi connectivity index (χ0n) is 19.2. The maximum atomic E-state index is 11.4. The number of fused-ring (bicyclic) bond motifs is 2. The van der Waals surface area contributed by atoms with Gasteiger partial charge < -0.3 is 25.0 Å². The minimum atomic E-state index is -1.58. The lowest BCUT2D eigenvalue weighted by Gasteiger charge is -2.19. The monoisotopic (exact) mass is 567 g/mol. The van der Waals surface area contributed by atoms with Crippen LogP contribution in [-0.2, 0) is 4.79 Å². The van der Waals surface area contributed by atoms with Crippen molar-refractivity contribution in [3.8, 4) is 22.6 Å². The molecule has 4 aromatic rings. The number of aliphatic imine (C=N–C) groups is 1. The Balaban J connectivity index is 1.41. The molecule has 1 atom stereocenters. The average Bonchev–Trinajstić information content (AvgIpc) is 3.30. The van der Waals surface area contributed by atoms with Crippen LogP contribution in [0.15, 0.2) is 64.1 Å². The van der Waals surface area contributed by atoms with Crippen LogP contribution in [-0.4, -0.2) is 52.1 Å². The smallest absolute Gasteiger partial charge is 0.333 e. The normalized spacial score (nSPS) is 14.6. The highest BCUT2D eigenvalue weighted by Crippen LogP contribution is 2.40. The van der Waals surface area contributed by atoms with Crippen molar-refractivity contribution in [3.63, 3.8) is 0 Å². The van der Waals surface area contributed by atoms with Crippen LogP contribution in [0.25, 0.3) is 21.2 Å². The van der Waals surface area contributed by atoms with Gasteiger partial charge in [0.2, 0.25) is 0 Å². The second-order valence-electron chi connectivity index (χ2n) is 8.43. The van der Waals surface area contributed by atoms with Gasteiger partial charge in [-0.05, 0) is 81.4 Å². The van der Waals surface area contributed by atoms with E-state index in [9.17, 15) is 15.0 Å². The number of halogens is 1. The number of hydrogen-bond acceptors (Lipinski definition) is 8. The highest BCUT2D eigenvalue weighted by atomic mass is 79.9. The molecule has 10 heteroatoms. The lowest BCUT2D eigenvalue weighted by Crippen LogP contribution is -2.37. The molecule has 0 aliphatic carbocycles. The van der Waals surface area contributed by atoms with E-state index < -0.39 is 18.1 Å². The summed E-state index contributed by atoms with van der Waals surface area (Å²) in [7, 11) is 0. The predicted octanol–water partition coefficient (Wildman–Crippen LogP) is 5.50. The fourth-order valence-corrected chi connectivity index (χ4v) is 5.07. The maximum Gasteiger partial charge on any atom is 0.333 e. The van der Waals surface area contributed by atoms with Crippen molar-refractivity contribution in [1.82, 2.24) is 4.37 Å². The summed E-state index contributed by atoms with van der Waals surface area (Å²) in [5, 5.41) is 23.0. The number of nitrogens with one attached hydrogen (secondary N) is 1. The molecule has 1 aromatic heterocycles. The number of aliphatic hydroxyl groups is 1. The lowest BCUT2D eigenvalue weighted by molar-refractivity contribution is -0.143. The van der Waals surface area contributed by atoms with E-state index in [-0.39, 0.29) is 0 Å². The van der Waals surface area contributed by atoms with Gasteiger partial charge in [-0.1, -0.05) is 24.3 Å². The van der Waals surface area contributed by atoms with Crippen LogP contribution in [0.4, 0.5) is 11.5 Å². The van der Waals surface area contributed by atoms with Crippen LogP contribution in [0, 0.1) is 0 Å². The third kappa shape index (κ3) is 4.67. The molecular weight excluding hydrogens is 546 g/mol. The maximum absolute atomic E-state index is 11.4. The van der Waals surface area contributed by atoms with Crippen molar-refractivity contribution >= 4 is 61.2 Å². The number of ether oxygens (including phenoxy) is 2. The second kappa shape index (κ2) is 9.88. The molecule has 3 aromatic carbocycles. The zero-order chi connectivity index (χ0) is 25.3. The quantitative estimate of drug-likeness (QED) is 0.253. The number of hydrogen-bond donors (Lipinski definition) is 3. The van der Waals surface area contributed by atoms with E-state index >= 15 is 0 Å². The number of carbonyl (C=O) groups is 1. The van der Waals surface area contributed by atoms with Gasteiger partial charge in [0, 0.05) is 16.1 Å². The van der Waals surface area contributed by atoms with Gasteiger partial charge in [-0.15, -0.1) is 0 Å². The Hall–Kier alpha value is -3.47. The fraction of sp³-hybridized carbons (Fsp3) is 0.192. The summed E-state index contributed by atoms with van der Waals surface area (Å²) in [6.45, 7) is 1.87. The van der Waals surface area contributed by atoms with Gasteiger partial charge >= 0.3 is 5.97 Å². The molecule has 1 unspecified atom stereocenters. The topological polar surface area (TPSA) is 113 Å². The second-order valence-corrected chi connectivity index (χ2v) is 10.0. The van der Waals surface area contributed by atoms with E-state index in [1.165, 1.54) is 24.7 Å². The van der Waals surface area contributed by atoms with Gasteiger partial charge in [0.25, 0.3) is 0 Å². The highest BCUT2D eigenvalue weighted by Gasteiger charge is 2.31. The van der Waals surface area contributed by atoms with Crippen LogP contribution in [0.5, 0.6) is 11.5 Å². The van der Waals surface area contributed by atoms with Crippen LogP contribution >= 0.6 is 27.5 Å². The molecule has 184 valence electrons. The van der Waals surface area contributed by atoms with E-state index in [0.717, 1.165) is 48.4 Å². The summed E-state index contributed by atoms with van der Waals surface area (Å²) in [5.41, 5.74) is 2.00. The van der Waals surface area contributed by atoms with Crippen molar-refractivity contribution < 1.29 is 24.5 Å². The number of carboxylic acid groups (broad SMARTS) is 1. The van der Waals surface area contributed by atoms with Crippen molar-refractivity contribution in [2.75, 3.05) is 25.1 Å². The molecule has 5 rings (SSSR count). The van der Waals surface area contributed by atoms with E-state index in [4.69, 9.17) is 9.47 Å². The van der Waals surface area contributed by atoms with Crippen molar-refractivity contribution in [2.45, 2.75) is 12.5 Å². The molecule has 36 heavy (non-hydrogen) atoms. The Morgan fingerprint density at radius 3 is 2.78 bits per heavy atom. The van der Waals surface area contributed by atoms with Gasteiger partial charge in [-0.3, -0.25) is 4.99 Å². The summed E-state index contributed by atoms with van der Waals surface area (Å²) >= 11 is 5.08. The van der Waals surface area contributed by atoms with Gasteiger partial charge in [-0.2, -0.15) is 4.37 Å². The van der Waals surface area contributed by atoms with Crippen molar-refractivity contribution in [2.24, 2.45) is 4.99 Å². The fourth-order valence-electron chi connectivity index (χ4n) is 3.70. The predicted molar refractivity (Wildman–Crippen MR) is 144 cm³/mol. The SMILES string of the molecule is CC(CO)(N=Cc1ccc2c(Nc3cccc(-c4ccc5c(c4)OCCO5)c3Br)nsc2c1)C(=O)O. The minimum absolute atomic E-state index is 0.532. The van der Waals surface area contributed by atoms with Crippen molar-refractivity contribution in [1.29, 1.82) is 0 Å². The molecule has 8 nitrogen and oxygen atoms in total. The molecule has 0 saturated heterocycles. The Labute approximate surface area is 219 Å². The summed E-state index contributed by atoms with van der Waals surface area (Å²) < 4.78 is 17.8. The Bertz CT molecular complexity index is 1490. The summed E-state index contributed by atoms with van der Waals surface area (Å²) in [6, 6.07) is 17.5. The number of rotatable bonds is 7. The summed E-state index contributed by atoms with van der Waals surface area (Å²) in [6.07, 6.45) is 1.46. The standard InChI is InChI=1S/C26H22BrN3O5S/c1-26(14-31,25(32)33)28-13-15-5-7-18-22(11-15)36-30-24(18)29-19-4-2-3-17(23(19)27)16-6-8-20-21(12-16)35-10-9-34-20/h2-8,11-13,31H,9-10,14H2,1H3,(H,29,30)(H,32,33). The Kier molecular flexibility index (Phi) is 6.65. The molecule has 0 radical (unpaired) electrons. The third-order valence-electron chi connectivity index (χ3n) is 5.87. The molecule has 0 amide bonds. The van der Waals surface area contributed by atoms with Gasteiger partial charge in [0.15, 0.2) is 22.9 Å². The van der Waals surface area contributed by atoms with Gasteiger partial charge in [-0.25, -0.2) is 4.79 Å². The average molecular weight is 568 g/mol. The molecule has 3 N–H and O–H groups in total. The Morgan fingerprint density at radius 1 is 1.19 bits per heavy atom. The van der Waals surface area contributed by atoms with Crippen LogP contribution in [0.1, 0.15) is 12.5 Å². The first-order chi connectivity index (χ1) is 17.4. The lowest BCUT2D eigenvalue weighted by atomic mass is 10.0. The summed E-state index contributed by atoms with van der Waals surface area (Å²) in [4.78, 5) is 15.4. The van der Waals surface area contributed by atoms with E-state index in [1.807, 2.05) is 54.6 Å². The molecule has 0 fully saturated rings. The van der Waals surface area contributed by atoms with E-state index in [2.05, 4.69) is 30.6 Å². The molecule has 0 bridgehead atoms. The Morgan fingerprint density at radius 2 is 2.00 bits per heavy atom.